The molecule has 0 radical (unpaired) electrons. The highest BCUT2D eigenvalue weighted by atomic mass is 16.5. The molecule has 1 saturated carbocycles. The first-order chi connectivity index (χ1) is 8.86. The zero-order valence-electron chi connectivity index (χ0n) is 11.4. The van der Waals surface area contributed by atoms with Gasteiger partial charge in [0, 0.05) is 12.6 Å². The van der Waals surface area contributed by atoms with Gasteiger partial charge in [-0.3, -0.25) is 0 Å². The summed E-state index contributed by atoms with van der Waals surface area (Å²) in [5.74, 6) is 0. The minimum absolute atomic E-state index is 0.206. The lowest BCUT2D eigenvalue weighted by Crippen LogP contribution is -2.27. The van der Waals surface area contributed by atoms with Crippen molar-refractivity contribution in [1.82, 2.24) is 5.32 Å². The molecule has 1 aromatic rings. The largest absolute Gasteiger partial charge is 0.374 e. The van der Waals surface area contributed by atoms with Crippen LogP contribution in [0.1, 0.15) is 50.7 Å². The fourth-order valence-electron chi connectivity index (χ4n) is 2.59. The third-order valence-corrected chi connectivity index (χ3v) is 3.75. The normalized spacial score (nSPS) is 18.1. The van der Waals surface area contributed by atoms with Crippen molar-refractivity contribution in [2.45, 2.75) is 51.2 Å². The van der Waals surface area contributed by atoms with Crippen LogP contribution in [0.2, 0.25) is 0 Å². The lowest BCUT2D eigenvalue weighted by molar-refractivity contribution is 0.0638. The summed E-state index contributed by atoms with van der Waals surface area (Å²) in [6.07, 6.45) is 6.84. The average Bonchev–Trinajstić information content (AvgIpc) is 2.92. The molecule has 0 amide bonds. The van der Waals surface area contributed by atoms with Gasteiger partial charge in [0.2, 0.25) is 0 Å². The quantitative estimate of drug-likeness (QED) is 0.742. The molecule has 0 bridgehead atoms. The van der Waals surface area contributed by atoms with Crippen LogP contribution in [0.25, 0.3) is 0 Å². The lowest BCUT2D eigenvalue weighted by atomic mass is 10.1. The van der Waals surface area contributed by atoms with Crippen LogP contribution in [-0.2, 0) is 4.74 Å². The van der Waals surface area contributed by atoms with E-state index in [4.69, 9.17) is 4.74 Å². The molecule has 0 heterocycles. The Morgan fingerprint density at radius 1 is 1.22 bits per heavy atom. The van der Waals surface area contributed by atoms with E-state index in [0.29, 0.717) is 0 Å². The smallest absolute Gasteiger partial charge is 0.0796 e. The summed E-state index contributed by atoms with van der Waals surface area (Å²) in [7, 11) is 0. The number of hydrogen-bond donors (Lipinski definition) is 1. The van der Waals surface area contributed by atoms with E-state index in [-0.39, 0.29) is 6.10 Å². The monoisotopic (exact) mass is 247 g/mol. The predicted octanol–water partition coefficient (Wildman–Crippen LogP) is 3.69. The van der Waals surface area contributed by atoms with Gasteiger partial charge in [-0.15, -0.1) is 0 Å². The second kappa shape index (κ2) is 7.55. The van der Waals surface area contributed by atoms with Gasteiger partial charge in [-0.25, -0.2) is 0 Å². The summed E-state index contributed by atoms with van der Waals surface area (Å²) < 4.78 is 5.85. The molecule has 0 aliphatic heterocycles. The molecule has 2 rings (SSSR count). The Morgan fingerprint density at radius 2 is 1.94 bits per heavy atom. The molecule has 1 N–H and O–H groups in total. The van der Waals surface area contributed by atoms with E-state index in [0.717, 1.165) is 25.6 Å². The van der Waals surface area contributed by atoms with Crippen molar-refractivity contribution in [3.8, 4) is 0 Å². The fourth-order valence-corrected chi connectivity index (χ4v) is 2.59. The van der Waals surface area contributed by atoms with Crippen LogP contribution in [0, 0.1) is 0 Å². The minimum atomic E-state index is 0.206. The zero-order valence-corrected chi connectivity index (χ0v) is 11.4. The van der Waals surface area contributed by atoms with E-state index in [1.54, 1.807) is 0 Å². The van der Waals surface area contributed by atoms with Gasteiger partial charge in [0.25, 0.3) is 0 Å². The number of benzene rings is 1. The van der Waals surface area contributed by atoms with Crippen molar-refractivity contribution in [3.05, 3.63) is 35.9 Å². The molecule has 1 aliphatic rings. The maximum absolute atomic E-state index is 5.85. The SMILES string of the molecule is CC(OCCCNC1CCCC1)c1ccccc1. The average molecular weight is 247 g/mol. The number of hydrogen-bond acceptors (Lipinski definition) is 2. The molecular formula is C16H25NO. The van der Waals surface area contributed by atoms with Crippen LogP contribution >= 0.6 is 0 Å². The summed E-state index contributed by atoms with van der Waals surface area (Å²) >= 11 is 0. The van der Waals surface area contributed by atoms with Crippen LogP contribution in [0.5, 0.6) is 0 Å². The van der Waals surface area contributed by atoms with Gasteiger partial charge < -0.3 is 10.1 Å². The van der Waals surface area contributed by atoms with Gasteiger partial charge in [0.05, 0.1) is 6.10 Å². The van der Waals surface area contributed by atoms with Crippen molar-refractivity contribution in [2.75, 3.05) is 13.2 Å². The van der Waals surface area contributed by atoms with Gasteiger partial charge in [-0.2, -0.15) is 0 Å². The third kappa shape index (κ3) is 4.43. The van der Waals surface area contributed by atoms with Crippen molar-refractivity contribution in [1.29, 1.82) is 0 Å². The first kappa shape index (κ1) is 13.6. The van der Waals surface area contributed by atoms with Crippen LogP contribution in [0.3, 0.4) is 0 Å². The maximum Gasteiger partial charge on any atom is 0.0796 e. The van der Waals surface area contributed by atoms with Crippen LogP contribution in [0.4, 0.5) is 0 Å². The molecule has 2 heteroatoms. The second-order valence-electron chi connectivity index (χ2n) is 5.21. The Hall–Kier alpha value is -0.860. The van der Waals surface area contributed by atoms with Crippen LogP contribution in [0.15, 0.2) is 30.3 Å². The third-order valence-electron chi connectivity index (χ3n) is 3.75. The van der Waals surface area contributed by atoms with Crippen molar-refractivity contribution < 1.29 is 4.74 Å². The van der Waals surface area contributed by atoms with E-state index in [9.17, 15) is 0 Å². The standard InChI is InChI=1S/C16H25NO/c1-14(15-8-3-2-4-9-15)18-13-7-12-17-16-10-5-6-11-16/h2-4,8-9,14,16-17H,5-7,10-13H2,1H3. The molecule has 1 unspecified atom stereocenters. The number of rotatable bonds is 7. The summed E-state index contributed by atoms with van der Waals surface area (Å²) in [5, 5.41) is 3.62. The summed E-state index contributed by atoms with van der Waals surface area (Å²) in [6.45, 7) is 4.06. The molecule has 0 spiro atoms. The maximum atomic E-state index is 5.85. The minimum Gasteiger partial charge on any atom is -0.374 e. The number of ether oxygens (including phenoxy) is 1. The molecule has 1 aliphatic carbocycles. The molecule has 1 aromatic carbocycles. The van der Waals surface area contributed by atoms with E-state index in [1.165, 1.54) is 31.2 Å². The highest BCUT2D eigenvalue weighted by Crippen LogP contribution is 2.18. The zero-order chi connectivity index (χ0) is 12.6. The highest BCUT2D eigenvalue weighted by molar-refractivity contribution is 5.16. The summed E-state index contributed by atoms with van der Waals surface area (Å²) in [5.41, 5.74) is 1.27. The molecule has 0 saturated heterocycles. The Bertz CT molecular complexity index is 319. The van der Waals surface area contributed by atoms with Crippen molar-refractivity contribution in [2.24, 2.45) is 0 Å². The molecule has 18 heavy (non-hydrogen) atoms. The molecule has 2 nitrogen and oxygen atoms in total. The van der Waals surface area contributed by atoms with E-state index >= 15 is 0 Å². The Morgan fingerprint density at radius 3 is 2.67 bits per heavy atom. The molecule has 1 atom stereocenters. The van der Waals surface area contributed by atoms with Gasteiger partial charge in [0.1, 0.15) is 0 Å². The summed E-state index contributed by atoms with van der Waals surface area (Å²) in [6, 6.07) is 11.2. The van der Waals surface area contributed by atoms with Gasteiger partial charge in [0.15, 0.2) is 0 Å². The molecular weight excluding hydrogens is 222 g/mol. The van der Waals surface area contributed by atoms with Crippen LogP contribution in [-0.4, -0.2) is 19.2 Å². The Balaban J connectivity index is 1.55. The molecule has 0 aromatic heterocycles. The van der Waals surface area contributed by atoms with E-state index < -0.39 is 0 Å². The van der Waals surface area contributed by atoms with E-state index in [1.807, 2.05) is 6.07 Å². The van der Waals surface area contributed by atoms with Crippen LogP contribution < -0.4 is 5.32 Å². The van der Waals surface area contributed by atoms with Gasteiger partial charge in [-0.1, -0.05) is 43.2 Å². The first-order valence-electron chi connectivity index (χ1n) is 7.26. The topological polar surface area (TPSA) is 21.3 Å². The van der Waals surface area contributed by atoms with Crippen molar-refractivity contribution in [3.63, 3.8) is 0 Å². The highest BCUT2D eigenvalue weighted by Gasteiger charge is 2.13. The lowest BCUT2D eigenvalue weighted by Gasteiger charge is -2.15. The van der Waals surface area contributed by atoms with Gasteiger partial charge in [-0.05, 0) is 38.3 Å². The first-order valence-corrected chi connectivity index (χ1v) is 7.26. The second-order valence-corrected chi connectivity index (χ2v) is 5.21. The fraction of sp³-hybridized carbons (Fsp3) is 0.625. The summed E-state index contributed by atoms with van der Waals surface area (Å²) in [4.78, 5) is 0. The van der Waals surface area contributed by atoms with Crippen molar-refractivity contribution >= 4 is 0 Å². The van der Waals surface area contributed by atoms with E-state index in [2.05, 4.69) is 36.5 Å². The molecule has 1 fully saturated rings. The molecule has 100 valence electrons. The predicted molar refractivity (Wildman–Crippen MR) is 75.7 cm³/mol. The Kier molecular flexibility index (Phi) is 5.69. The van der Waals surface area contributed by atoms with Gasteiger partial charge >= 0.3 is 0 Å². The Labute approximate surface area is 111 Å². The number of nitrogens with one attached hydrogen (secondary N) is 1.